The van der Waals surface area contributed by atoms with Gasteiger partial charge in [0.1, 0.15) is 0 Å². The summed E-state index contributed by atoms with van der Waals surface area (Å²) in [6.45, 7) is 2.11. The summed E-state index contributed by atoms with van der Waals surface area (Å²) in [5.74, 6) is 0. The zero-order chi connectivity index (χ0) is 11.4. The Bertz CT molecular complexity index is 439. The van der Waals surface area contributed by atoms with Gasteiger partial charge in [-0.25, -0.2) is 4.98 Å². The first-order chi connectivity index (χ1) is 7.79. The molecule has 2 aromatic heterocycles. The lowest BCUT2D eigenvalue weighted by Crippen LogP contribution is -2.12. The van der Waals surface area contributed by atoms with Crippen molar-refractivity contribution in [2.45, 2.75) is 19.4 Å². The summed E-state index contributed by atoms with van der Waals surface area (Å²) in [7, 11) is 1.95. The third-order valence-electron chi connectivity index (χ3n) is 2.50. The quantitative estimate of drug-likeness (QED) is 0.881. The zero-order valence-electron chi connectivity index (χ0n) is 9.47. The topological polar surface area (TPSA) is 37.8 Å². The molecule has 0 aliphatic rings. The van der Waals surface area contributed by atoms with Crippen LogP contribution in [0.3, 0.4) is 0 Å². The van der Waals surface area contributed by atoms with Crippen molar-refractivity contribution < 1.29 is 0 Å². The first-order valence-electron chi connectivity index (χ1n) is 5.31. The number of thiazole rings is 1. The van der Waals surface area contributed by atoms with Gasteiger partial charge in [-0.3, -0.25) is 4.98 Å². The first-order valence-corrected chi connectivity index (χ1v) is 6.19. The van der Waals surface area contributed by atoms with E-state index in [2.05, 4.69) is 27.6 Å². The van der Waals surface area contributed by atoms with Gasteiger partial charge >= 0.3 is 0 Å². The fourth-order valence-electron chi connectivity index (χ4n) is 1.41. The highest BCUT2D eigenvalue weighted by Crippen LogP contribution is 2.18. The van der Waals surface area contributed by atoms with Crippen LogP contribution in [0.2, 0.25) is 0 Å². The number of pyridine rings is 1. The predicted octanol–water partition coefficient (Wildman–Crippen LogP) is 2.41. The Morgan fingerprint density at radius 2 is 2.31 bits per heavy atom. The van der Waals surface area contributed by atoms with Crippen LogP contribution in [-0.4, -0.2) is 17.0 Å². The average Bonchev–Trinajstić information content (AvgIpc) is 2.78. The molecule has 0 spiro atoms. The summed E-state index contributed by atoms with van der Waals surface area (Å²) < 4.78 is 0. The molecule has 1 atom stereocenters. The summed E-state index contributed by atoms with van der Waals surface area (Å²) >= 11 is 1.70. The van der Waals surface area contributed by atoms with Crippen LogP contribution in [0.15, 0.2) is 29.8 Å². The highest BCUT2D eigenvalue weighted by molar-refractivity contribution is 7.09. The lowest BCUT2D eigenvalue weighted by atomic mass is 10.2. The maximum atomic E-state index is 4.59. The number of nitrogens with one attached hydrogen (secondary N) is 1. The molecule has 0 aliphatic heterocycles. The molecular weight excluding hydrogens is 218 g/mol. The van der Waals surface area contributed by atoms with E-state index in [1.54, 1.807) is 11.3 Å². The second-order valence-electron chi connectivity index (χ2n) is 3.67. The molecule has 0 aromatic carbocycles. The molecule has 1 unspecified atom stereocenters. The van der Waals surface area contributed by atoms with Gasteiger partial charge in [0, 0.05) is 29.7 Å². The van der Waals surface area contributed by atoms with Crippen molar-refractivity contribution in [2.75, 3.05) is 7.05 Å². The van der Waals surface area contributed by atoms with Crippen LogP contribution in [0.25, 0.3) is 0 Å². The molecule has 2 aromatic rings. The number of aromatic nitrogens is 2. The molecule has 4 heteroatoms. The minimum atomic E-state index is 0.314. The molecule has 0 aliphatic carbocycles. The normalized spacial score (nSPS) is 12.6. The van der Waals surface area contributed by atoms with Crippen LogP contribution < -0.4 is 5.32 Å². The standard InChI is InChI=1S/C12H15N3S/c1-9(13-2)11-8-16-12(15-11)7-10-5-3-4-6-14-10/h3-6,8-9,13H,7H2,1-2H3. The largest absolute Gasteiger partial charge is 0.312 e. The minimum absolute atomic E-state index is 0.314. The van der Waals surface area contributed by atoms with Crippen LogP contribution in [-0.2, 0) is 6.42 Å². The molecule has 3 nitrogen and oxygen atoms in total. The van der Waals surface area contributed by atoms with Gasteiger partial charge in [0.2, 0.25) is 0 Å². The van der Waals surface area contributed by atoms with Crippen molar-refractivity contribution in [3.05, 3.63) is 46.2 Å². The van der Waals surface area contributed by atoms with Crippen LogP contribution in [0, 0.1) is 0 Å². The minimum Gasteiger partial charge on any atom is -0.312 e. The van der Waals surface area contributed by atoms with Gasteiger partial charge in [-0.1, -0.05) is 6.07 Å². The maximum Gasteiger partial charge on any atom is 0.0988 e. The Hall–Kier alpha value is -1.26. The van der Waals surface area contributed by atoms with Gasteiger partial charge in [-0.15, -0.1) is 11.3 Å². The van der Waals surface area contributed by atoms with E-state index in [0.29, 0.717) is 6.04 Å². The zero-order valence-corrected chi connectivity index (χ0v) is 10.3. The van der Waals surface area contributed by atoms with E-state index in [1.807, 2.05) is 31.4 Å². The molecule has 1 N–H and O–H groups in total. The molecule has 0 saturated heterocycles. The highest BCUT2D eigenvalue weighted by Gasteiger charge is 2.08. The summed E-state index contributed by atoms with van der Waals surface area (Å²) in [5.41, 5.74) is 2.18. The number of rotatable bonds is 4. The van der Waals surface area contributed by atoms with E-state index >= 15 is 0 Å². The Kier molecular flexibility index (Phi) is 3.64. The SMILES string of the molecule is CNC(C)c1csc(Cc2ccccn2)n1. The fraction of sp³-hybridized carbons (Fsp3) is 0.333. The van der Waals surface area contributed by atoms with Crippen molar-refractivity contribution in [1.82, 2.24) is 15.3 Å². The molecule has 16 heavy (non-hydrogen) atoms. The molecule has 0 bridgehead atoms. The van der Waals surface area contributed by atoms with Gasteiger partial charge in [-0.2, -0.15) is 0 Å². The van der Waals surface area contributed by atoms with Crippen molar-refractivity contribution in [1.29, 1.82) is 0 Å². The van der Waals surface area contributed by atoms with Gasteiger partial charge in [-0.05, 0) is 26.1 Å². The number of hydrogen-bond donors (Lipinski definition) is 1. The van der Waals surface area contributed by atoms with Crippen LogP contribution in [0.4, 0.5) is 0 Å². The van der Waals surface area contributed by atoms with Gasteiger partial charge in [0.25, 0.3) is 0 Å². The van der Waals surface area contributed by atoms with Crippen LogP contribution in [0.1, 0.15) is 29.4 Å². The Morgan fingerprint density at radius 3 is 3.00 bits per heavy atom. The van der Waals surface area contributed by atoms with Gasteiger partial charge in [0.15, 0.2) is 0 Å². The number of nitrogens with zero attached hydrogens (tertiary/aromatic N) is 2. The Morgan fingerprint density at radius 1 is 1.44 bits per heavy atom. The van der Waals surface area contributed by atoms with Crippen molar-refractivity contribution in [3.8, 4) is 0 Å². The van der Waals surface area contributed by atoms with E-state index in [1.165, 1.54) is 0 Å². The van der Waals surface area contributed by atoms with E-state index in [0.717, 1.165) is 22.8 Å². The molecule has 2 rings (SSSR count). The Balaban J connectivity index is 2.09. The molecule has 84 valence electrons. The second kappa shape index (κ2) is 5.18. The highest BCUT2D eigenvalue weighted by atomic mass is 32.1. The average molecular weight is 233 g/mol. The number of hydrogen-bond acceptors (Lipinski definition) is 4. The third kappa shape index (κ3) is 2.65. The van der Waals surface area contributed by atoms with Crippen LogP contribution in [0.5, 0.6) is 0 Å². The molecule has 2 heterocycles. The first kappa shape index (κ1) is 11.2. The van der Waals surface area contributed by atoms with E-state index in [9.17, 15) is 0 Å². The summed E-state index contributed by atoms with van der Waals surface area (Å²) in [5, 5.41) is 6.42. The fourth-order valence-corrected chi connectivity index (χ4v) is 2.31. The summed E-state index contributed by atoms with van der Waals surface area (Å²) in [6, 6.07) is 6.28. The molecule has 0 radical (unpaired) electrons. The van der Waals surface area contributed by atoms with Crippen molar-refractivity contribution >= 4 is 11.3 Å². The van der Waals surface area contributed by atoms with E-state index in [-0.39, 0.29) is 0 Å². The van der Waals surface area contributed by atoms with Gasteiger partial charge in [0.05, 0.1) is 10.7 Å². The van der Waals surface area contributed by atoms with E-state index < -0.39 is 0 Å². The van der Waals surface area contributed by atoms with E-state index in [4.69, 9.17) is 0 Å². The van der Waals surface area contributed by atoms with Crippen molar-refractivity contribution in [2.24, 2.45) is 0 Å². The third-order valence-corrected chi connectivity index (χ3v) is 3.37. The summed E-state index contributed by atoms with van der Waals surface area (Å²) in [6.07, 6.45) is 2.64. The lowest BCUT2D eigenvalue weighted by molar-refractivity contribution is 0.635. The Labute approximate surface area is 99.6 Å². The molecule has 0 fully saturated rings. The molecule has 0 amide bonds. The monoisotopic (exact) mass is 233 g/mol. The lowest BCUT2D eigenvalue weighted by Gasteiger charge is -2.04. The smallest absolute Gasteiger partial charge is 0.0988 e. The van der Waals surface area contributed by atoms with Crippen LogP contribution >= 0.6 is 11.3 Å². The second-order valence-corrected chi connectivity index (χ2v) is 4.62. The van der Waals surface area contributed by atoms with Gasteiger partial charge < -0.3 is 5.32 Å². The summed E-state index contributed by atoms with van der Waals surface area (Å²) in [4.78, 5) is 8.89. The maximum absolute atomic E-state index is 4.59. The predicted molar refractivity (Wildman–Crippen MR) is 66.6 cm³/mol. The van der Waals surface area contributed by atoms with Crippen molar-refractivity contribution in [3.63, 3.8) is 0 Å². The molecular formula is C12H15N3S. The molecule has 0 saturated carbocycles.